The Morgan fingerprint density at radius 1 is 1.38 bits per heavy atom. The highest BCUT2D eigenvalue weighted by Gasteiger charge is 2.07. The lowest BCUT2D eigenvalue weighted by atomic mass is 10.2. The Morgan fingerprint density at radius 2 is 2.00 bits per heavy atom. The lowest BCUT2D eigenvalue weighted by Crippen LogP contribution is -2.06. The van der Waals surface area contributed by atoms with Crippen molar-refractivity contribution in [1.82, 2.24) is 0 Å². The molecule has 0 saturated carbocycles. The Morgan fingerprint density at radius 3 is 2.54 bits per heavy atom. The minimum atomic E-state index is -3.42. The summed E-state index contributed by atoms with van der Waals surface area (Å²) in [5.41, 5.74) is 0.971. The highest BCUT2D eigenvalue weighted by Crippen LogP contribution is 2.22. The van der Waals surface area contributed by atoms with E-state index in [0.717, 1.165) is 15.4 Å². The minimum Gasteiger partial charge on any atom is -0.381 e. The Bertz CT molecular complexity index is 411. The first-order valence-electron chi connectivity index (χ1n) is 3.54. The summed E-state index contributed by atoms with van der Waals surface area (Å²) >= 11 is 2.03. The van der Waals surface area contributed by atoms with Crippen molar-refractivity contribution in [1.29, 1.82) is 0 Å². The van der Waals surface area contributed by atoms with Crippen LogP contribution in [0.25, 0.3) is 0 Å². The van der Waals surface area contributed by atoms with Crippen LogP contribution in [0.2, 0.25) is 0 Å². The molecular formula is C8H9IO3S. The van der Waals surface area contributed by atoms with Crippen molar-refractivity contribution in [2.75, 3.05) is 6.26 Å². The highest BCUT2D eigenvalue weighted by molar-refractivity contribution is 14.1. The van der Waals surface area contributed by atoms with Gasteiger partial charge in [0.1, 0.15) is 0 Å². The van der Waals surface area contributed by atoms with E-state index in [1.807, 2.05) is 41.6 Å². The van der Waals surface area contributed by atoms with E-state index in [-0.39, 0.29) is 0 Å². The van der Waals surface area contributed by atoms with E-state index in [2.05, 4.69) is 0 Å². The molecule has 3 nitrogen and oxygen atoms in total. The molecule has 0 radical (unpaired) electrons. The van der Waals surface area contributed by atoms with Gasteiger partial charge in [0.2, 0.25) is 0 Å². The molecule has 0 fully saturated rings. The van der Waals surface area contributed by atoms with Gasteiger partial charge in [-0.15, -0.1) is 0 Å². The molecule has 1 aromatic carbocycles. The van der Waals surface area contributed by atoms with Crippen molar-refractivity contribution in [2.24, 2.45) is 0 Å². The fourth-order valence-corrected chi connectivity index (χ4v) is 1.90. The average Bonchev–Trinajstić information content (AvgIpc) is 1.94. The van der Waals surface area contributed by atoms with Gasteiger partial charge < -0.3 is 4.18 Å². The quantitative estimate of drug-likeness (QED) is 0.619. The summed E-state index contributed by atoms with van der Waals surface area (Å²) in [7, 11) is -3.42. The molecule has 0 aliphatic heterocycles. The molecular weight excluding hydrogens is 303 g/mol. The van der Waals surface area contributed by atoms with Gasteiger partial charge in [0.05, 0.1) is 9.83 Å². The minimum absolute atomic E-state index is 0.392. The molecule has 0 unspecified atom stereocenters. The molecule has 13 heavy (non-hydrogen) atoms. The summed E-state index contributed by atoms with van der Waals surface area (Å²) in [6.07, 6.45) is 1.03. The van der Waals surface area contributed by atoms with Crippen LogP contribution >= 0.6 is 22.6 Å². The molecule has 1 rings (SSSR count). The fraction of sp³-hybridized carbons (Fsp3) is 0.250. The molecule has 1 aromatic rings. The van der Waals surface area contributed by atoms with Crippen LogP contribution in [-0.2, 0) is 10.1 Å². The maximum atomic E-state index is 10.8. The van der Waals surface area contributed by atoms with Crippen molar-refractivity contribution in [3.8, 4) is 5.75 Å². The number of benzene rings is 1. The molecule has 0 heterocycles. The van der Waals surface area contributed by atoms with Crippen LogP contribution in [-0.4, -0.2) is 14.7 Å². The molecule has 0 saturated heterocycles. The van der Waals surface area contributed by atoms with Crippen LogP contribution in [0.1, 0.15) is 5.56 Å². The van der Waals surface area contributed by atoms with Crippen molar-refractivity contribution in [2.45, 2.75) is 6.92 Å². The number of halogens is 1. The van der Waals surface area contributed by atoms with Crippen LogP contribution in [0, 0.1) is 10.5 Å². The van der Waals surface area contributed by atoms with E-state index in [1.54, 1.807) is 6.07 Å². The lowest BCUT2D eigenvalue weighted by molar-refractivity contribution is 0.491. The third kappa shape index (κ3) is 3.51. The second-order valence-electron chi connectivity index (χ2n) is 2.72. The SMILES string of the molecule is Cc1ccc(I)c(OS(C)(=O)=O)c1. The smallest absolute Gasteiger partial charge is 0.306 e. The van der Waals surface area contributed by atoms with Gasteiger partial charge in [-0.05, 0) is 47.2 Å². The van der Waals surface area contributed by atoms with Crippen LogP contribution in [0.15, 0.2) is 18.2 Å². The molecule has 0 aliphatic rings. The largest absolute Gasteiger partial charge is 0.381 e. The standard InChI is InChI=1S/C8H9IO3S/c1-6-3-4-7(9)8(5-6)12-13(2,10)11/h3-5H,1-2H3. The summed E-state index contributed by atoms with van der Waals surface area (Å²) in [5, 5.41) is 0. The monoisotopic (exact) mass is 312 g/mol. The predicted molar refractivity (Wildman–Crippen MR) is 59.4 cm³/mol. The second-order valence-corrected chi connectivity index (χ2v) is 5.46. The van der Waals surface area contributed by atoms with E-state index in [4.69, 9.17) is 4.18 Å². The third-order valence-corrected chi connectivity index (χ3v) is 2.70. The Hall–Kier alpha value is -0.300. The molecule has 5 heteroatoms. The highest BCUT2D eigenvalue weighted by atomic mass is 127. The van der Waals surface area contributed by atoms with Gasteiger partial charge in [-0.1, -0.05) is 6.07 Å². The first kappa shape index (κ1) is 10.8. The second kappa shape index (κ2) is 3.83. The van der Waals surface area contributed by atoms with Gasteiger partial charge in [0, 0.05) is 0 Å². The van der Waals surface area contributed by atoms with Crippen LogP contribution < -0.4 is 4.18 Å². The number of rotatable bonds is 2. The van der Waals surface area contributed by atoms with E-state index in [9.17, 15) is 8.42 Å². The summed E-state index contributed by atoms with van der Waals surface area (Å²) in [5.74, 6) is 0.392. The molecule has 0 aliphatic carbocycles. The van der Waals surface area contributed by atoms with Gasteiger partial charge in [0.15, 0.2) is 5.75 Å². The fourth-order valence-electron chi connectivity index (χ4n) is 0.838. The zero-order valence-electron chi connectivity index (χ0n) is 7.24. The lowest BCUT2D eigenvalue weighted by Gasteiger charge is -2.05. The Kier molecular flexibility index (Phi) is 3.18. The molecule has 0 bridgehead atoms. The van der Waals surface area contributed by atoms with Gasteiger partial charge >= 0.3 is 10.1 Å². The summed E-state index contributed by atoms with van der Waals surface area (Å²) in [4.78, 5) is 0. The van der Waals surface area contributed by atoms with Gasteiger partial charge in [-0.25, -0.2) is 0 Å². The van der Waals surface area contributed by atoms with Crippen LogP contribution in [0.4, 0.5) is 0 Å². The molecule has 0 N–H and O–H groups in total. The number of aryl methyl sites for hydroxylation is 1. The molecule has 72 valence electrons. The zero-order valence-corrected chi connectivity index (χ0v) is 10.2. The van der Waals surface area contributed by atoms with E-state index in [1.165, 1.54) is 0 Å². The maximum absolute atomic E-state index is 10.8. The maximum Gasteiger partial charge on any atom is 0.306 e. The van der Waals surface area contributed by atoms with Crippen LogP contribution in [0.3, 0.4) is 0 Å². The average molecular weight is 312 g/mol. The number of hydrogen-bond acceptors (Lipinski definition) is 3. The molecule has 0 spiro atoms. The summed E-state index contributed by atoms with van der Waals surface area (Å²) in [6, 6.07) is 5.41. The number of hydrogen-bond donors (Lipinski definition) is 0. The molecule has 0 aromatic heterocycles. The zero-order chi connectivity index (χ0) is 10.1. The van der Waals surface area contributed by atoms with Crippen molar-refractivity contribution in [3.63, 3.8) is 0 Å². The van der Waals surface area contributed by atoms with Crippen molar-refractivity contribution >= 4 is 32.7 Å². The Labute approximate surface area is 91.4 Å². The van der Waals surface area contributed by atoms with Gasteiger partial charge in [0.25, 0.3) is 0 Å². The van der Waals surface area contributed by atoms with Gasteiger partial charge in [-0.2, -0.15) is 8.42 Å². The third-order valence-electron chi connectivity index (χ3n) is 1.33. The van der Waals surface area contributed by atoms with E-state index < -0.39 is 10.1 Å². The van der Waals surface area contributed by atoms with E-state index >= 15 is 0 Å². The Balaban J connectivity index is 3.08. The summed E-state index contributed by atoms with van der Waals surface area (Å²) < 4.78 is 27.2. The van der Waals surface area contributed by atoms with E-state index in [0.29, 0.717) is 5.75 Å². The first-order valence-corrected chi connectivity index (χ1v) is 6.43. The molecule has 0 atom stereocenters. The first-order chi connectivity index (χ1) is 5.88. The normalized spacial score (nSPS) is 11.3. The topological polar surface area (TPSA) is 43.4 Å². The predicted octanol–water partition coefficient (Wildman–Crippen LogP) is 1.94. The summed E-state index contributed by atoms with van der Waals surface area (Å²) in [6.45, 7) is 1.88. The molecule has 0 amide bonds. The van der Waals surface area contributed by atoms with Crippen molar-refractivity contribution in [3.05, 3.63) is 27.3 Å². The van der Waals surface area contributed by atoms with Gasteiger partial charge in [-0.3, -0.25) is 0 Å². The van der Waals surface area contributed by atoms with Crippen LogP contribution in [0.5, 0.6) is 5.75 Å². The van der Waals surface area contributed by atoms with Crippen molar-refractivity contribution < 1.29 is 12.6 Å².